The summed E-state index contributed by atoms with van der Waals surface area (Å²) in [5.74, 6) is -2.06. The number of carbonyl (C=O) groups is 2. The molecule has 2 aromatic rings. The second-order valence-electron chi connectivity index (χ2n) is 10.8. The van der Waals surface area contributed by atoms with E-state index in [4.69, 9.17) is 4.74 Å². The highest BCUT2D eigenvalue weighted by atomic mass is 32.2. The molecule has 2 atom stereocenters. The lowest BCUT2D eigenvalue weighted by Gasteiger charge is -2.49. The summed E-state index contributed by atoms with van der Waals surface area (Å²) in [6.45, 7) is 6.81. The van der Waals surface area contributed by atoms with Crippen LogP contribution in [0.2, 0.25) is 0 Å². The van der Waals surface area contributed by atoms with Gasteiger partial charge in [-0.05, 0) is 70.5 Å². The van der Waals surface area contributed by atoms with Gasteiger partial charge in [-0.25, -0.2) is 31.3 Å². The Labute approximate surface area is 225 Å². The molecule has 4 rings (SSSR count). The summed E-state index contributed by atoms with van der Waals surface area (Å²) in [5.41, 5.74) is -2.19. The molecule has 1 unspecified atom stereocenters. The van der Waals surface area contributed by atoms with Crippen molar-refractivity contribution in [1.29, 1.82) is 0 Å². The molecule has 0 saturated carbocycles. The molecule has 1 aromatic heterocycles. The molecule has 3 heterocycles. The van der Waals surface area contributed by atoms with Crippen molar-refractivity contribution < 1.29 is 31.5 Å². The van der Waals surface area contributed by atoms with E-state index in [-0.39, 0.29) is 36.6 Å². The van der Waals surface area contributed by atoms with E-state index in [0.29, 0.717) is 12.1 Å². The second kappa shape index (κ2) is 9.94. The zero-order valence-electron chi connectivity index (χ0n) is 22.3. The van der Waals surface area contributed by atoms with Gasteiger partial charge in [-0.2, -0.15) is 0 Å². The van der Waals surface area contributed by atoms with Crippen molar-refractivity contribution in [3.8, 4) is 0 Å². The number of aliphatic imine (C=N–C) groups is 1. The van der Waals surface area contributed by atoms with Crippen LogP contribution in [-0.4, -0.2) is 66.0 Å². The monoisotopic (exact) mass is 563 g/mol. The molecular formula is C26H31F2N5O5S. The molecule has 39 heavy (non-hydrogen) atoms. The lowest BCUT2D eigenvalue weighted by molar-refractivity contribution is 0.0558. The van der Waals surface area contributed by atoms with Crippen LogP contribution < -0.4 is 10.6 Å². The van der Waals surface area contributed by atoms with Crippen molar-refractivity contribution in [3.63, 3.8) is 0 Å². The zero-order valence-corrected chi connectivity index (χ0v) is 23.2. The number of halogens is 2. The van der Waals surface area contributed by atoms with Crippen molar-refractivity contribution in [2.75, 3.05) is 20.1 Å². The van der Waals surface area contributed by atoms with E-state index in [9.17, 15) is 22.4 Å². The minimum absolute atomic E-state index is 0.0124. The Morgan fingerprint density at radius 1 is 1.21 bits per heavy atom. The molecule has 1 fully saturated rings. The number of amides is 1. The predicted molar refractivity (Wildman–Crippen MR) is 140 cm³/mol. The molecule has 1 saturated heterocycles. The Bertz CT molecular complexity index is 1430. The maximum Gasteiger partial charge on any atom is 0.414 e. The number of hydrogen-bond donors (Lipinski definition) is 2. The Morgan fingerprint density at radius 3 is 2.51 bits per heavy atom. The van der Waals surface area contributed by atoms with Crippen LogP contribution in [0.15, 0.2) is 41.5 Å². The maximum atomic E-state index is 15.6. The van der Waals surface area contributed by atoms with E-state index >= 15 is 4.39 Å². The Morgan fingerprint density at radius 2 is 1.92 bits per heavy atom. The smallest absolute Gasteiger partial charge is 0.414 e. The van der Waals surface area contributed by atoms with Crippen LogP contribution in [0.3, 0.4) is 0 Å². The second-order valence-corrected chi connectivity index (χ2v) is 13.1. The number of sulfonamides is 1. The highest BCUT2D eigenvalue weighted by Gasteiger charge is 2.65. The summed E-state index contributed by atoms with van der Waals surface area (Å²) >= 11 is 0. The average molecular weight is 564 g/mol. The summed E-state index contributed by atoms with van der Waals surface area (Å²) in [6.07, 6.45) is -0.0511. The Hall–Kier alpha value is -3.45. The third-order valence-electron chi connectivity index (χ3n) is 7.03. The number of hydrogen-bond acceptors (Lipinski definition) is 8. The van der Waals surface area contributed by atoms with Crippen LogP contribution in [0.5, 0.6) is 0 Å². The number of pyridine rings is 1. The minimum atomic E-state index is -4.20. The predicted octanol–water partition coefficient (Wildman–Crippen LogP) is 2.89. The van der Waals surface area contributed by atoms with Gasteiger partial charge in [0.2, 0.25) is 16.0 Å². The molecule has 10 nitrogen and oxygen atoms in total. The van der Waals surface area contributed by atoms with Crippen LogP contribution >= 0.6 is 0 Å². The van der Waals surface area contributed by atoms with Crippen molar-refractivity contribution in [2.24, 2.45) is 4.99 Å². The number of benzene rings is 1. The fraction of sp³-hybridized carbons (Fsp3) is 0.462. The molecule has 210 valence electrons. The first kappa shape index (κ1) is 28.6. The van der Waals surface area contributed by atoms with Crippen molar-refractivity contribution >= 4 is 27.9 Å². The van der Waals surface area contributed by atoms with Crippen LogP contribution in [0.4, 0.5) is 13.6 Å². The summed E-state index contributed by atoms with van der Waals surface area (Å²) < 4.78 is 61.3. The summed E-state index contributed by atoms with van der Waals surface area (Å²) in [6, 6.07) is 6.35. The third kappa shape index (κ3) is 5.12. The van der Waals surface area contributed by atoms with Crippen molar-refractivity contribution in [2.45, 2.75) is 56.4 Å². The molecule has 0 aliphatic carbocycles. The zero-order chi connectivity index (χ0) is 28.8. The number of rotatable bonds is 4. The number of guanidine groups is 1. The van der Waals surface area contributed by atoms with E-state index in [0.717, 1.165) is 22.6 Å². The maximum absolute atomic E-state index is 15.6. The minimum Gasteiger partial charge on any atom is -0.444 e. The topological polar surface area (TPSA) is 130 Å². The van der Waals surface area contributed by atoms with Gasteiger partial charge < -0.3 is 10.1 Å². The van der Waals surface area contributed by atoms with E-state index in [2.05, 4.69) is 20.6 Å². The lowest BCUT2D eigenvalue weighted by Crippen LogP contribution is -2.66. The molecule has 0 radical (unpaired) electrons. The highest BCUT2D eigenvalue weighted by molar-refractivity contribution is 7.91. The van der Waals surface area contributed by atoms with Crippen molar-refractivity contribution in [1.82, 2.24) is 19.9 Å². The first-order valence-electron chi connectivity index (χ1n) is 12.3. The van der Waals surface area contributed by atoms with Crippen LogP contribution in [0, 0.1) is 11.6 Å². The fourth-order valence-electron chi connectivity index (χ4n) is 5.00. The first-order valence-corrected chi connectivity index (χ1v) is 13.8. The molecule has 2 aliphatic heterocycles. The van der Waals surface area contributed by atoms with E-state index in [1.165, 1.54) is 32.2 Å². The molecule has 1 aromatic carbocycles. The summed E-state index contributed by atoms with van der Waals surface area (Å²) in [5, 5.41) is 5.46. The van der Waals surface area contributed by atoms with Gasteiger partial charge in [-0.15, -0.1) is 0 Å². The molecule has 1 amide bonds. The van der Waals surface area contributed by atoms with Crippen LogP contribution in [0.25, 0.3) is 0 Å². The number of aromatic nitrogens is 1. The Kier molecular flexibility index (Phi) is 7.28. The SMILES string of the molecule is CN1C(NC(=O)OC(C)(C)C)=N[C@](C)(c2cc(CC(=O)c3ccc(F)cn3)ccc2F)C2(CCNC2)S1(=O)=O. The van der Waals surface area contributed by atoms with E-state index in [1.54, 1.807) is 20.8 Å². The first-order chi connectivity index (χ1) is 18.1. The summed E-state index contributed by atoms with van der Waals surface area (Å²) in [4.78, 5) is 33.8. The molecular weight excluding hydrogens is 532 g/mol. The van der Waals surface area contributed by atoms with Gasteiger partial charge >= 0.3 is 6.09 Å². The average Bonchev–Trinajstić information content (AvgIpc) is 3.35. The van der Waals surface area contributed by atoms with E-state index in [1.807, 2.05) is 0 Å². The molecule has 2 N–H and O–H groups in total. The molecule has 13 heteroatoms. The number of carbonyl (C=O) groups excluding carboxylic acids is 2. The van der Waals surface area contributed by atoms with Gasteiger partial charge in [0.25, 0.3) is 0 Å². The van der Waals surface area contributed by atoms with Gasteiger partial charge in [0, 0.05) is 25.6 Å². The number of ether oxygens (including phenoxy) is 1. The van der Waals surface area contributed by atoms with Crippen LogP contribution in [0.1, 0.15) is 55.7 Å². The quantitative estimate of drug-likeness (QED) is 0.547. The van der Waals surface area contributed by atoms with E-state index < -0.39 is 49.4 Å². The van der Waals surface area contributed by atoms with Gasteiger partial charge in [0.05, 0.1) is 6.20 Å². The highest BCUT2D eigenvalue weighted by Crippen LogP contribution is 2.50. The van der Waals surface area contributed by atoms with Gasteiger partial charge in [0.1, 0.15) is 33.2 Å². The fourth-order valence-corrected chi connectivity index (χ4v) is 7.14. The molecule has 2 aliphatic rings. The number of nitrogens with zero attached hydrogens (tertiary/aromatic N) is 3. The summed E-state index contributed by atoms with van der Waals surface area (Å²) in [7, 11) is -2.93. The molecule has 0 bridgehead atoms. The Balaban J connectivity index is 1.81. The standard InChI is InChI=1S/C26H31F2N5O5S/c1-24(2,3)38-23(35)31-22-32-25(4,26(10-11-29-15-26)39(36,37)33(22)5)18-12-16(6-8-19(18)28)13-21(34)20-9-7-17(27)14-30-20/h6-9,12,14,29H,10-11,13,15H2,1-5H3,(H,31,32,35)/t25-,26?/m1/s1. The number of Topliss-reactive ketones (excluding diaryl/α,β-unsaturated/α-hetero) is 1. The number of alkyl carbamates (subject to hydrolysis) is 1. The van der Waals surface area contributed by atoms with Gasteiger partial charge in [0.15, 0.2) is 5.78 Å². The van der Waals surface area contributed by atoms with Crippen molar-refractivity contribution in [3.05, 3.63) is 65.0 Å². The van der Waals surface area contributed by atoms with Gasteiger partial charge in [-0.1, -0.05) is 6.07 Å². The van der Waals surface area contributed by atoms with Crippen LogP contribution in [-0.2, 0) is 26.7 Å². The largest absolute Gasteiger partial charge is 0.444 e. The lowest BCUT2D eigenvalue weighted by atomic mass is 9.77. The molecule has 1 spiro atoms. The number of ketones is 1. The van der Waals surface area contributed by atoms with Gasteiger partial charge in [-0.3, -0.25) is 15.1 Å². The normalized spacial score (nSPS) is 24.4. The number of nitrogens with one attached hydrogen (secondary N) is 2. The third-order valence-corrected chi connectivity index (χ3v) is 9.66.